The molecule has 66 valence electrons. The van der Waals surface area contributed by atoms with Crippen LogP contribution in [0, 0.1) is 6.92 Å². The van der Waals surface area contributed by atoms with Crippen LogP contribution in [-0.4, -0.2) is 18.1 Å². The van der Waals surface area contributed by atoms with Crippen LogP contribution in [0.4, 0.5) is 0 Å². The van der Waals surface area contributed by atoms with Gasteiger partial charge in [-0.25, -0.2) is 9.78 Å². The first-order chi connectivity index (χ1) is 5.69. The van der Waals surface area contributed by atoms with Crippen molar-refractivity contribution in [3.05, 3.63) is 17.3 Å². The van der Waals surface area contributed by atoms with E-state index in [1.165, 1.54) is 7.11 Å². The number of nitrogens with two attached hydrogens (primary N) is 1. The van der Waals surface area contributed by atoms with E-state index in [1.54, 1.807) is 6.92 Å². The van der Waals surface area contributed by atoms with Gasteiger partial charge in [-0.2, -0.15) is 0 Å². The Morgan fingerprint density at radius 2 is 2.42 bits per heavy atom. The van der Waals surface area contributed by atoms with Crippen LogP contribution in [0.2, 0.25) is 0 Å². The normalized spacial score (nSPS) is 9.92. The fraction of sp³-hybridized carbons (Fsp3) is 0.429. The highest BCUT2D eigenvalue weighted by atomic mass is 16.5. The number of esters is 1. The number of methoxy groups -OCH3 is 1. The maximum Gasteiger partial charge on any atom is 0.394 e. The van der Waals surface area contributed by atoms with E-state index in [2.05, 4.69) is 9.72 Å². The van der Waals surface area contributed by atoms with Crippen molar-refractivity contribution >= 4 is 5.97 Å². The first kappa shape index (κ1) is 8.73. The zero-order valence-corrected chi connectivity index (χ0v) is 6.96. The van der Waals surface area contributed by atoms with Gasteiger partial charge in [-0.1, -0.05) is 0 Å². The van der Waals surface area contributed by atoms with E-state index in [1.807, 2.05) is 0 Å². The van der Waals surface area contributed by atoms with E-state index in [-0.39, 0.29) is 12.4 Å². The Bertz CT molecular complexity index is 293. The molecule has 0 unspecified atom stereocenters. The highest BCUT2D eigenvalue weighted by Gasteiger charge is 2.15. The van der Waals surface area contributed by atoms with Crippen LogP contribution in [0.25, 0.3) is 0 Å². The standard InChI is InChI=1S/C7H10N2O3/c1-4-5(3-8)12-6(9-4)7(10)11-2/h3,8H2,1-2H3. The molecular formula is C7H10N2O3. The fourth-order valence-electron chi connectivity index (χ4n) is 0.792. The summed E-state index contributed by atoms with van der Waals surface area (Å²) in [5, 5.41) is 0. The zero-order chi connectivity index (χ0) is 9.14. The van der Waals surface area contributed by atoms with E-state index in [4.69, 9.17) is 10.2 Å². The molecule has 1 aromatic rings. The van der Waals surface area contributed by atoms with Crippen molar-refractivity contribution in [3.63, 3.8) is 0 Å². The third-order valence-electron chi connectivity index (χ3n) is 1.44. The van der Waals surface area contributed by atoms with Crippen molar-refractivity contribution in [1.82, 2.24) is 4.98 Å². The van der Waals surface area contributed by atoms with E-state index in [0.717, 1.165) is 0 Å². The van der Waals surface area contributed by atoms with E-state index in [0.29, 0.717) is 11.5 Å². The van der Waals surface area contributed by atoms with Crippen LogP contribution in [0.15, 0.2) is 4.42 Å². The minimum absolute atomic E-state index is 0.0459. The van der Waals surface area contributed by atoms with Crippen LogP contribution in [0.3, 0.4) is 0 Å². The number of carbonyl (C=O) groups is 1. The van der Waals surface area contributed by atoms with Crippen molar-refractivity contribution < 1.29 is 13.9 Å². The molecule has 0 aliphatic heterocycles. The molecule has 0 radical (unpaired) electrons. The second-order valence-corrected chi connectivity index (χ2v) is 2.22. The van der Waals surface area contributed by atoms with Gasteiger partial charge in [0.1, 0.15) is 5.76 Å². The van der Waals surface area contributed by atoms with Gasteiger partial charge in [0.05, 0.1) is 19.3 Å². The lowest BCUT2D eigenvalue weighted by molar-refractivity contribution is 0.0554. The second-order valence-electron chi connectivity index (χ2n) is 2.22. The smallest absolute Gasteiger partial charge is 0.394 e. The van der Waals surface area contributed by atoms with Crippen LogP contribution in [0.1, 0.15) is 22.1 Å². The number of oxazole rings is 1. The van der Waals surface area contributed by atoms with Crippen molar-refractivity contribution in [2.45, 2.75) is 13.5 Å². The molecule has 1 heterocycles. The van der Waals surface area contributed by atoms with Gasteiger partial charge in [0, 0.05) is 0 Å². The van der Waals surface area contributed by atoms with E-state index >= 15 is 0 Å². The Morgan fingerprint density at radius 1 is 1.75 bits per heavy atom. The summed E-state index contributed by atoms with van der Waals surface area (Å²) in [6.45, 7) is 1.95. The number of aryl methyl sites for hydroxylation is 1. The van der Waals surface area contributed by atoms with Crippen LogP contribution in [0.5, 0.6) is 0 Å². The Kier molecular flexibility index (Phi) is 2.44. The largest absolute Gasteiger partial charge is 0.462 e. The topological polar surface area (TPSA) is 78.3 Å². The molecule has 1 rings (SSSR count). The predicted molar refractivity (Wildman–Crippen MR) is 40.5 cm³/mol. The number of hydrogen-bond acceptors (Lipinski definition) is 5. The summed E-state index contributed by atoms with van der Waals surface area (Å²) >= 11 is 0. The summed E-state index contributed by atoms with van der Waals surface area (Å²) < 4.78 is 9.42. The third kappa shape index (κ3) is 1.45. The molecule has 0 saturated carbocycles. The maximum absolute atomic E-state index is 10.9. The lowest BCUT2D eigenvalue weighted by Crippen LogP contribution is -2.00. The molecule has 0 aliphatic rings. The van der Waals surface area contributed by atoms with E-state index in [9.17, 15) is 4.79 Å². The Morgan fingerprint density at radius 3 is 2.83 bits per heavy atom. The molecule has 0 aliphatic carbocycles. The number of aromatic nitrogens is 1. The molecule has 12 heavy (non-hydrogen) atoms. The summed E-state index contributed by atoms with van der Waals surface area (Å²) in [5.41, 5.74) is 5.94. The lowest BCUT2D eigenvalue weighted by atomic mass is 10.4. The summed E-state index contributed by atoms with van der Waals surface area (Å²) in [5.74, 6) is -0.122. The summed E-state index contributed by atoms with van der Waals surface area (Å²) in [6.07, 6.45) is 0. The summed E-state index contributed by atoms with van der Waals surface area (Å²) in [7, 11) is 1.27. The number of carbonyl (C=O) groups excluding carboxylic acids is 1. The number of nitrogens with zero attached hydrogens (tertiary/aromatic N) is 1. The minimum atomic E-state index is -0.585. The Balaban J connectivity index is 2.96. The van der Waals surface area contributed by atoms with Gasteiger partial charge < -0.3 is 14.9 Å². The average molecular weight is 170 g/mol. The SMILES string of the molecule is COC(=O)c1nc(C)c(CN)o1. The van der Waals surface area contributed by atoms with Gasteiger partial charge in [0.2, 0.25) is 0 Å². The number of rotatable bonds is 2. The van der Waals surface area contributed by atoms with Gasteiger partial charge in [-0.15, -0.1) is 0 Å². The van der Waals surface area contributed by atoms with Gasteiger partial charge in [0.15, 0.2) is 0 Å². The molecule has 2 N–H and O–H groups in total. The first-order valence-electron chi connectivity index (χ1n) is 3.43. The summed E-state index contributed by atoms with van der Waals surface area (Å²) in [4.78, 5) is 14.7. The maximum atomic E-state index is 10.9. The first-order valence-corrected chi connectivity index (χ1v) is 3.43. The Hall–Kier alpha value is -1.36. The molecule has 0 saturated heterocycles. The zero-order valence-electron chi connectivity index (χ0n) is 6.96. The van der Waals surface area contributed by atoms with Crippen molar-refractivity contribution in [2.24, 2.45) is 5.73 Å². The van der Waals surface area contributed by atoms with Gasteiger partial charge in [-0.3, -0.25) is 0 Å². The molecule has 0 fully saturated rings. The quantitative estimate of drug-likeness (QED) is 0.642. The molecule has 0 bridgehead atoms. The molecular weight excluding hydrogens is 160 g/mol. The van der Waals surface area contributed by atoms with Gasteiger partial charge in [-0.05, 0) is 6.92 Å². The molecule has 1 aromatic heterocycles. The van der Waals surface area contributed by atoms with E-state index < -0.39 is 5.97 Å². The molecule has 0 aromatic carbocycles. The summed E-state index contributed by atoms with van der Waals surface area (Å²) in [6, 6.07) is 0. The van der Waals surface area contributed by atoms with Crippen molar-refractivity contribution in [3.8, 4) is 0 Å². The van der Waals surface area contributed by atoms with Gasteiger partial charge >= 0.3 is 11.9 Å². The number of ether oxygens (including phenoxy) is 1. The minimum Gasteiger partial charge on any atom is -0.462 e. The molecule has 5 nitrogen and oxygen atoms in total. The van der Waals surface area contributed by atoms with Crippen molar-refractivity contribution in [2.75, 3.05) is 7.11 Å². The third-order valence-corrected chi connectivity index (χ3v) is 1.44. The fourth-order valence-corrected chi connectivity index (χ4v) is 0.792. The van der Waals surface area contributed by atoms with Crippen molar-refractivity contribution in [1.29, 1.82) is 0 Å². The van der Waals surface area contributed by atoms with Crippen LogP contribution >= 0.6 is 0 Å². The monoisotopic (exact) mass is 170 g/mol. The molecule has 0 spiro atoms. The molecule has 5 heteroatoms. The van der Waals surface area contributed by atoms with Crippen LogP contribution in [-0.2, 0) is 11.3 Å². The predicted octanol–water partition coefficient (Wildman–Crippen LogP) is 0.228. The average Bonchev–Trinajstić information content (AvgIpc) is 2.45. The highest BCUT2D eigenvalue weighted by Crippen LogP contribution is 2.09. The van der Waals surface area contributed by atoms with Crippen LogP contribution < -0.4 is 5.73 Å². The molecule has 0 amide bonds. The lowest BCUT2D eigenvalue weighted by Gasteiger charge is -1.90. The molecule has 0 atom stereocenters. The Labute approximate surface area is 69.5 Å². The van der Waals surface area contributed by atoms with Gasteiger partial charge in [0.25, 0.3) is 0 Å². The second kappa shape index (κ2) is 3.36. The number of hydrogen-bond donors (Lipinski definition) is 1. The highest BCUT2D eigenvalue weighted by molar-refractivity contribution is 5.84.